The predicted molar refractivity (Wildman–Crippen MR) is 75.3 cm³/mol. The highest BCUT2D eigenvalue weighted by Crippen LogP contribution is 2.59. The van der Waals surface area contributed by atoms with Crippen LogP contribution in [0.15, 0.2) is 0 Å². The normalized spacial score (nSPS) is 30.6. The number of urea groups is 1. The van der Waals surface area contributed by atoms with Crippen LogP contribution in [0.4, 0.5) is 4.79 Å². The van der Waals surface area contributed by atoms with Gasteiger partial charge < -0.3 is 21.1 Å². The smallest absolute Gasteiger partial charge is 0.312 e. The molecular weight excluding hydrogens is 274 g/mol. The average Bonchev–Trinajstić information content (AvgIpc) is 2.99. The van der Waals surface area contributed by atoms with Crippen molar-refractivity contribution < 1.29 is 19.5 Å². The summed E-state index contributed by atoms with van der Waals surface area (Å²) in [4.78, 5) is 36.2. The molecule has 2 fully saturated rings. The maximum Gasteiger partial charge on any atom is 0.312 e. The lowest BCUT2D eigenvalue weighted by Crippen LogP contribution is -2.45. The maximum absolute atomic E-state index is 12.5. The lowest BCUT2D eigenvalue weighted by Gasteiger charge is -2.33. The molecule has 2 rings (SSSR count). The molecule has 0 aromatic carbocycles. The molecule has 3 amide bonds. The second kappa shape index (κ2) is 5.54. The van der Waals surface area contributed by atoms with Crippen LogP contribution in [0.25, 0.3) is 0 Å². The van der Waals surface area contributed by atoms with Crippen LogP contribution in [-0.2, 0) is 9.59 Å². The number of aliphatic carboxylic acids is 1. The molecule has 7 nitrogen and oxygen atoms in total. The van der Waals surface area contributed by atoms with Crippen LogP contribution < -0.4 is 11.1 Å². The largest absolute Gasteiger partial charge is 0.481 e. The van der Waals surface area contributed by atoms with Gasteiger partial charge in [0, 0.05) is 19.6 Å². The molecule has 1 unspecified atom stereocenters. The van der Waals surface area contributed by atoms with E-state index in [1.54, 1.807) is 4.90 Å². The third-order valence-electron chi connectivity index (χ3n) is 4.76. The van der Waals surface area contributed by atoms with E-state index in [2.05, 4.69) is 5.32 Å². The summed E-state index contributed by atoms with van der Waals surface area (Å²) in [5.74, 6) is -1.81. The Balaban J connectivity index is 1.94. The van der Waals surface area contributed by atoms with E-state index in [1.165, 1.54) is 0 Å². The Labute approximate surface area is 123 Å². The minimum absolute atomic E-state index is 0.0730. The first kappa shape index (κ1) is 15.6. The van der Waals surface area contributed by atoms with Gasteiger partial charge in [-0.05, 0) is 24.2 Å². The first-order valence-electron chi connectivity index (χ1n) is 7.30. The van der Waals surface area contributed by atoms with Crippen LogP contribution in [0.2, 0.25) is 0 Å². The molecule has 1 heterocycles. The monoisotopic (exact) mass is 297 g/mol. The zero-order valence-electron chi connectivity index (χ0n) is 12.5. The number of amides is 3. The Morgan fingerprint density at radius 3 is 2.52 bits per heavy atom. The SMILES string of the molecule is CC1(C)[C@H](C(=O)O)[C@@H]1C(=O)N1CCCC(CNC(N)=O)C1. The van der Waals surface area contributed by atoms with Crippen molar-refractivity contribution in [3.63, 3.8) is 0 Å². The maximum atomic E-state index is 12.5. The van der Waals surface area contributed by atoms with Gasteiger partial charge in [0.05, 0.1) is 11.8 Å². The van der Waals surface area contributed by atoms with Gasteiger partial charge in [0.15, 0.2) is 0 Å². The summed E-state index contributed by atoms with van der Waals surface area (Å²) in [5.41, 5.74) is 4.58. The van der Waals surface area contributed by atoms with Gasteiger partial charge in [0.1, 0.15) is 0 Å². The van der Waals surface area contributed by atoms with E-state index in [0.717, 1.165) is 12.8 Å². The van der Waals surface area contributed by atoms with Crippen molar-refractivity contribution in [3.8, 4) is 0 Å². The van der Waals surface area contributed by atoms with E-state index in [1.807, 2.05) is 13.8 Å². The third kappa shape index (κ3) is 3.11. The number of hydrogen-bond donors (Lipinski definition) is 3. The van der Waals surface area contributed by atoms with Crippen molar-refractivity contribution in [1.82, 2.24) is 10.2 Å². The minimum atomic E-state index is -0.901. The molecule has 4 N–H and O–H groups in total. The molecule has 1 saturated carbocycles. The van der Waals surface area contributed by atoms with Crippen LogP contribution in [0.1, 0.15) is 26.7 Å². The molecule has 118 valence electrons. The Kier molecular flexibility index (Phi) is 4.11. The Bertz CT molecular complexity index is 463. The van der Waals surface area contributed by atoms with Gasteiger partial charge in [0.25, 0.3) is 0 Å². The summed E-state index contributed by atoms with van der Waals surface area (Å²) in [5, 5.41) is 11.7. The van der Waals surface area contributed by atoms with Gasteiger partial charge in [-0.25, -0.2) is 4.79 Å². The fraction of sp³-hybridized carbons (Fsp3) is 0.786. The molecule has 3 atom stereocenters. The summed E-state index contributed by atoms with van der Waals surface area (Å²) < 4.78 is 0. The molecular formula is C14H23N3O4. The first-order chi connectivity index (χ1) is 9.75. The van der Waals surface area contributed by atoms with Gasteiger partial charge in [-0.3, -0.25) is 9.59 Å². The van der Waals surface area contributed by atoms with E-state index in [0.29, 0.717) is 19.6 Å². The number of primary amides is 1. The number of carbonyl (C=O) groups is 3. The number of carboxylic acid groups (broad SMARTS) is 1. The van der Waals surface area contributed by atoms with E-state index in [4.69, 9.17) is 5.73 Å². The summed E-state index contributed by atoms with van der Waals surface area (Å²) in [6.45, 7) is 5.31. The topological polar surface area (TPSA) is 113 Å². The van der Waals surface area contributed by atoms with Crippen molar-refractivity contribution in [2.45, 2.75) is 26.7 Å². The Morgan fingerprint density at radius 1 is 1.33 bits per heavy atom. The van der Waals surface area contributed by atoms with Crippen molar-refractivity contribution in [3.05, 3.63) is 0 Å². The molecule has 0 spiro atoms. The second-order valence-corrected chi connectivity index (χ2v) is 6.65. The summed E-state index contributed by atoms with van der Waals surface area (Å²) in [6.07, 6.45) is 1.79. The number of piperidine rings is 1. The van der Waals surface area contributed by atoms with Crippen molar-refractivity contribution in [1.29, 1.82) is 0 Å². The summed E-state index contributed by atoms with van der Waals surface area (Å²) in [6, 6.07) is -0.562. The van der Waals surface area contributed by atoms with E-state index < -0.39 is 29.3 Å². The molecule has 1 aliphatic carbocycles. The van der Waals surface area contributed by atoms with Crippen molar-refractivity contribution in [2.75, 3.05) is 19.6 Å². The highest BCUT2D eigenvalue weighted by molar-refractivity contribution is 5.91. The lowest BCUT2D eigenvalue weighted by atomic mass is 9.97. The Morgan fingerprint density at radius 2 is 2.00 bits per heavy atom. The number of rotatable bonds is 4. The fourth-order valence-corrected chi connectivity index (χ4v) is 3.43. The molecule has 1 aliphatic heterocycles. The van der Waals surface area contributed by atoms with Gasteiger partial charge in [-0.2, -0.15) is 0 Å². The second-order valence-electron chi connectivity index (χ2n) is 6.65. The van der Waals surface area contributed by atoms with E-state index >= 15 is 0 Å². The van der Waals surface area contributed by atoms with Crippen LogP contribution in [-0.4, -0.2) is 47.5 Å². The number of nitrogens with two attached hydrogens (primary N) is 1. The van der Waals surface area contributed by atoms with E-state index in [-0.39, 0.29) is 11.8 Å². The summed E-state index contributed by atoms with van der Waals surface area (Å²) >= 11 is 0. The van der Waals surface area contributed by atoms with Gasteiger partial charge in [-0.15, -0.1) is 0 Å². The van der Waals surface area contributed by atoms with Crippen molar-refractivity contribution >= 4 is 17.9 Å². The molecule has 0 aromatic rings. The zero-order valence-corrected chi connectivity index (χ0v) is 12.5. The molecule has 7 heteroatoms. The molecule has 1 saturated heterocycles. The highest BCUT2D eigenvalue weighted by atomic mass is 16.4. The number of carboxylic acids is 1. The van der Waals surface area contributed by atoms with Crippen LogP contribution >= 0.6 is 0 Å². The van der Waals surface area contributed by atoms with Crippen molar-refractivity contribution in [2.24, 2.45) is 28.9 Å². The zero-order chi connectivity index (χ0) is 15.8. The molecule has 0 bridgehead atoms. The minimum Gasteiger partial charge on any atom is -0.481 e. The van der Waals surface area contributed by atoms with Crippen LogP contribution in [0.5, 0.6) is 0 Å². The quantitative estimate of drug-likeness (QED) is 0.690. The third-order valence-corrected chi connectivity index (χ3v) is 4.76. The highest BCUT2D eigenvalue weighted by Gasteiger charge is 2.66. The molecule has 21 heavy (non-hydrogen) atoms. The number of likely N-dealkylation sites (tertiary alicyclic amines) is 1. The Hall–Kier alpha value is -1.79. The molecule has 2 aliphatic rings. The van der Waals surface area contributed by atoms with Crippen LogP contribution in [0, 0.1) is 23.2 Å². The average molecular weight is 297 g/mol. The number of carbonyl (C=O) groups excluding carboxylic acids is 2. The molecule has 0 aromatic heterocycles. The van der Waals surface area contributed by atoms with E-state index in [9.17, 15) is 19.5 Å². The first-order valence-corrected chi connectivity index (χ1v) is 7.30. The van der Waals surface area contributed by atoms with Crippen LogP contribution in [0.3, 0.4) is 0 Å². The standard InChI is InChI=1S/C14H23N3O4/c1-14(2)9(10(14)12(19)20)11(18)17-5-3-4-8(7-17)6-16-13(15)21/h8-10H,3-7H2,1-2H3,(H,19,20)(H3,15,16,21)/t8?,9-,10+/m1/s1. The number of nitrogens with one attached hydrogen (secondary N) is 1. The van der Waals surface area contributed by atoms with Gasteiger partial charge >= 0.3 is 12.0 Å². The predicted octanol–water partition coefficient (Wildman–Crippen LogP) is 0.250. The summed E-state index contributed by atoms with van der Waals surface area (Å²) in [7, 11) is 0. The number of hydrogen-bond acceptors (Lipinski definition) is 3. The lowest BCUT2D eigenvalue weighted by molar-refractivity contribution is -0.142. The fourth-order valence-electron chi connectivity index (χ4n) is 3.43. The van der Waals surface area contributed by atoms with Gasteiger partial charge in [-0.1, -0.05) is 13.8 Å². The van der Waals surface area contributed by atoms with Gasteiger partial charge in [0.2, 0.25) is 5.91 Å². The number of nitrogens with zero attached hydrogens (tertiary/aromatic N) is 1. The molecule has 0 radical (unpaired) electrons.